The van der Waals surface area contributed by atoms with Crippen LogP contribution in [0.1, 0.15) is 19.4 Å². The standard InChI is InChI=1S/C18H24N2O6/c1-12(2)20-16(21)10-19-17(22)11-26-18(23)6-5-13-7-14(24-3)9-15(8-13)25-4/h5-9,12H,10-11H2,1-4H3,(H,19,22)(H,20,21)/b6-5+. The van der Waals surface area contributed by atoms with Gasteiger partial charge in [0.2, 0.25) is 5.91 Å². The van der Waals surface area contributed by atoms with Crippen molar-refractivity contribution in [2.75, 3.05) is 27.4 Å². The lowest BCUT2D eigenvalue weighted by atomic mass is 10.2. The number of hydrogen-bond acceptors (Lipinski definition) is 6. The van der Waals surface area contributed by atoms with E-state index in [4.69, 9.17) is 14.2 Å². The van der Waals surface area contributed by atoms with E-state index in [1.54, 1.807) is 18.2 Å². The Morgan fingerprint density at radius 1 is 1.04 bits per heavy atom. The minimum atomic E-state index is -0.687. The van der Waals surface area contributed by atoms with Gasteiger partial charge in [-0.05, 0) is 37.6 Å². The van der Waals surface area contributed by atoms with E-state index in [0.29, 0.717) is 17.1 Å². The Balaban J connectivity index is 2.45. The first-order valence-corrected chi connectivity index (χ1v) is 7.98. The van der Waals surface area contributed by atoms with Crippen LogP contribution in [0, 0.1) is 0 Å². The van der Waals surface area contributed by atoms with Crippen molar-refractivity contribution in [3.63, 3.8) is 0 Å². The summed E-state index contributed by atoms with van der Waals surface area (Å²) in [5.41, 5.74) is 0.674. The molecule has 0 aromatic heterocycles. The number of amides is 2. The third-order valence-electron chi connectivity index (χ3n) is 3.03. The van der Waals surface area contributed by atoms with Gasteiger partial charge in [0, 0.05) is 18.2 Å². The highest BCUT2D eigenvalue weighted by Crippen LogP contribution is 2.23. The molecule has 26 heavy (non-hydrogen) atoms. The van der Waals surface area contributed by atoms with E-state index in [9.17, 15) is 14.4 Å². The zero-order valence-corrected chi connectivity index (χ0v) is 15.3. The first-order valence-electron chi connectivity index (χ1n) is 7.98. The van der Waals surface area contributed by atoms with Crippen LogP contribution in [0.4, 0.5) is 0 Å². The molecule has 0 fully saturated rings. The van der Waals surface area contributed by atoms with Gasteiger partial charge in [0.25, 0.3) is 5.91 Å². The van der Waals surface area contributed by atoms with Crippen molar-refractivity contribution in [2.24, 2.45) is 0 Å². The van der Waals surface area contributed by atoms with E-state index in [1.807, 2.05) is 13.8 Å². The molecule has 0 saturated carbocycles. The third kappa shape index (κ3) is 8.18. The number of ether oxygens (including phenoxy) is 3. The number of methoxy groups -OCH3 is 2. The van der Waals surface area contributed by atoms with Crippen LogP contribution in [0.5, 0.6) is 11.5 Å². The van der Waals surface area contributed by atoms with Crippen molar-refractivity contribution in [1.82, 2.24) is 10.6 Å². The van der Waals surface area contributed by atoms with Crippen molar-refractivity contribution in [3.8, 4) is 11.5 Å². The average Bonchev–Trinajstić information content (AvgIpc) is 2.61. The molecule has 142 valence electrons. The summed E-state index contributed by atoms with van der Waals surface area (Å²) < 4.78 is 15.1. The highest BCUT2D eigenvalue weighted by Gasteiger charge is 2.08. The number of esters is 1. The van der Waals surface area contributed by atoms with E-state index in [-0.39, 0.29) is 18.5 Å². The number of hydrogen-bond donors (Lipinski definition) is 2. The summed E-state index contributed by atoms with van der Waals surface area (Å²) in [6.07, 6.45) is 2.70. The molecule has 0 unspecified atom stereocenters. The van der Waals surface area contributed by atoms with Crippen LogP contribution in [0.3, 0.4) is 0 Å². The van der Waals surface area contributed by atoms with Gasteiger partial charge >= 0.3 is 5.97 Å². The Morgan fingerprint density at radius 3 is 2.19 bits per heavy atom. The molecule has 8 nitrogen and oxygen atoms in total. The molecule has 0 aliphatic carbocycles. The maximum atomic E-state index is 11.7. The lowest BCUT2D eigenvalue weighted by molar-refractivity contribution is -0.143. The fraction of sp³-hybridized carbons (Fsp3) is 0.389. The van der Waals surface area contributed by atoms with Crippen LogP contribution in [-0.2, 0) is 19.1 Å². The minimum Gasteiger partial charge on any atom is -0.497 e. The van der Waals surface area contributed by atoms with Crippen LogP contribution in [0.25, 0.3) is 6.08 Å². The molecule has 0 aliphatic rings. The zero-order valence-electron chi connectivity index (χ0n) is 15.3. The summed E-state index contributed by atoms with van der Waals surface area (Å²) in [5, 5.41) is 4.99. The van der Waals surface area contributed by atoms with Gasteiger partial charge in [-0.2, -0.15) is 0 Å². The van der Waals surface area contributed by atoms with Gasteiger partial charge in [-0.1, -0.05) is 0 Å². The summed E-state index contributed by atoms with van der Waals surface area (Å²) in [6.45, 7) is 2.98. The molecule has 1 aromatic rings. The van der Waals surface area contributed by atoms with Crippen LogP contribution in [-0.4, -0.2) is 51.2 Å². The SMILES string of the molecule is COc1cc(/C=C/C(=O)OCC(=O)NCC(=O)NC(C)C)cc(OC)c1. The first kappa shape index (κ1) is 21.0. The molecular formula is C18H24N2O6. The van der Waals surface area contributed by atoms with Crippen LogP contribution < -0.4 is 20.1 Å². The molecule has 1 aromatic carbocycles. The van der Waals surface area contributed by atoms with Gasteiger partial charge in [-0.15, -0.1) is 0 Å². The molecule has 2 N–H and O–H groups in total. The number of carbonyl (C=O) groups excluding carboxylic acids is 3. The van der Waals surface area contributed by atoms with Crippen LogP contribution in [0.2, 0.25) is 0 Å². The van der Waals surface area contributed by atoms with Gasteiger partial charge < -0.3 is 24.8 Å². The Labute approximate surface area is 152 Å². The lowest BCUT2D eigenvalue weighted by Gasteiger charge is -2.09. The molecule has 0 heterocycles. The van der Waals surface area contributed by atoms with E-state index >= 15 is 0 Å². The second-order valence-corrected chi connectivity index (χ2v) is 5.59. The normalized spacial score (nSPS) is 10.5. The molecule has 1 rings (SSSR count). The van der Waals surface area contributed by atoms with Crippen LogP contribution in [0.15, 0.2) is 24.3 Å². The fourth-order valence-electron chi connectivity index (χ4n) is 1.88. The highest BCUT2D eigenvalue weighted by atomic mass is 16.5. The van der Waals surface area contributed by atoms with Crippen molar-refractivity contribution < 1.29 is 28.6 Å². The summed E-state index contributed by atoms with van der Waals surface area (Å²) in [7, 11) is 3.05. The first-order chi connectivity index (χ1) is 12.3. The molecule has 0 aliphatic heterocycles. The smallest absolute Gasteiger partial charge is 0.331 e. The number of carbonyl (C=O) groups is 3. The van der Waals surface area contributed by atoms with Crippen molar-refractivity contribution in [1.29, 1.82) is 0 Å². The quantitative estimate of drug-likeness (QED) is 0.499. The van der Waals surface area contributed by atoms with Gasteiger partial charge in [0.15, 0.2) is 6.61 Å². The van der Waals surface area contributed by atoms with E-state index in [1.165, 1.54) is 26.4 Å². The topological polar surface area (TPSA) is 103 Å². The molecular weight excluding hydrogens is 340 g/mol. The second-order valence-electron chi connectivity index (χ2n) is 5.59. The summed E-state index contributed by atoms with van der Waals surface area (Å²) >= 11 is 0. The zero-order chi connectivity index (χ0) is 19.5. The Morgan fingerprint density at radius 2 is 1.65 bits per heavy atom. The Kier molecular flexibility index (Phi) is 8.69. The predicted molar refractivity (Wildman–Crippen MR) is 95.8 cm³/mol. The van der Waals surface area contributed by atoms with Crippen molar-refractivity contribution >= 4 is 23.9 Å². The summed E-state index contributed by atoms with van der Waals surface area (Å²) in [4.78, 5) is 34.6. The lowest BCUT2D eigenvalue weighted by Crippen LogP contribution is -2.41. The van der Waals surface area contributed by atoms with Crippen LogP contribution >= 0.6 is 0 Å². The number of nitrogens with one attached hydrogen (secondary N) is 2. The Hall–Kier alpha value is -3.03. The number of benzene rings is 1. The molecule has 0 atom stereocenters. The monoisotopic (exact) mass is 364 g/mol. The van der Waals surface area contributed by atoms with Gasteiger partial charge in [0.05, 0.1) is 20.8 Å². The van der Waals surface area contributed by atoms with E-state index in [0.717, 1.165) is 0 Å². The maximum absolute atomic E-state index is 11.7. The largest absolute Gasteiger partial charge is 0.497 e. The summed E-state index contributed by atoms with van der Waals surface area (Å²) in [6, 6.07) is 5.12. The fourth-order valence-corrected chi connectivity index (χ4v) is 1.88. The predicted octanol–water partition coefficient (Wildman–Crippen LogP) is 0.901. The Bertz CT molecular complexity index is 647. The van der Waals surface area contributed by atoms with E-state index < -0.39 is 18.5 Å². The highest BCUT2D eigenvalue weighted by molar-refractivity contribution is 5.90. The van der Waals surface area contributed by atoms with Gasteiger partial charge in [0.1, 0.15) is 11.5 Å². The molecule has 8 heteroatoms. The van der Waals surface area contributed by atoms with E-state index in [2.05, 4.69) is 10.6 Å². The molecule has 0 bridgehead atoms. The third-order valence-corrected chi connectivity index (χ3v) is 3.03. The molecule has 2 amide bonds. The summed E-state index contributed by atoms with van der Waals surface area (Å²) in [5.74, 6) is -0.401. The van der Waals surface area contributed by atoms with Gasteiger partial charge in [-0.3, -0.25) is 9.59 Å². The molecule has 0 saturated heterocycles. The average molecular weight is 364 g/mol. The maximum Gasteiger partial charge on any atom is 0.331 e. The molecule has 0 spiro atoms. The minimum absolute atomic E-state index is 0.0161. The van der Waals surface area contributed by atoms with Crippen molar-refractivity contribution in [3.05, 3.63) is 29.8 Å². The number of rotatable bonds is 9. The van der Waals surface area contributed by atoms with Gasteiger partial charge in [-0.25, -0.2) is 4.79 Å². The molecule has 0 radical (unpaired) electrons. The second kappa shape index (κ2) is 10.8. The van der Waals surface area contributed by atoms with Crippen molar-refractivity contribution in [2.45, 2.75) is 19.9 Å².